The molecule has 464 valence electrons. The average Bonchev–Trinajstić information content (AvgIpc) is 4.03. The number of amides is 12. The fourth-order valence-electron chi connectivity index (χ4n) is 8.19. The fraction of sp³-hybridized carbons (Fsp3) is 0.615. The first-order valence-corrected chi connectivity index (χ1v) is 28.4. The summed E-state index contributed by atoms with van der Waals surface area (Å²) in [7, 11) is 0. The largest absolute Gasteiger partial charge is 0.394 e. The molecule has 1 heterocycles. The van der Waals surface area contributed by atoms with Crippen molar-refractivity contribution in [1.29, 1.82) is 0 Å². The number of unbranched alkanes of at least 4 members (excludes halogenated alkanes) is 1. The second-order valence-corrected chi connectivity index (χ2v) is 21.1. The highest BCUT2D eigenvalue weighted by atomic mass is 32.1. The second kappa shape index (κ2) is 36.5. The van der Waals surface area contributed by atoms with Crippen molar-refractivity contribution in [3.05, 3.63) is 36.0 Å². The molecule has 2 aromatic rings. The smallest absolute Gasteiger partial charge is 0.245 e. The van der Waals surface area contributed by atoms with E-state index in [1.54, 1.807) is 33.9 Å². The van der Waals surface area contributed by atoms with Gasteiger partial charge in [-0.1, -0.05) is 52.3 Å². The molecule has 1 aromatic carbocycles. The number of thiol groups is 2. The number of nitrogens with one attached hydrogen (secondary N) is 12. The van der Waals surface area contributed by atoms with Crippen molar-refractivity contribution < 1.29 is 72.9 Å². The van der Waals surface area contributed by atoms with Crippen LogP contribution >= 0.6 is 25.3 Å². The van der Waals surface area contributed by atoms with E-state index >= 15 is 0 Å². The van der Waals surface area contributed by atoms with Crippen molar-refractivity contribution in [1.82, 2.24) is 63.5 Å². The van der Waals surface area contributed by atoms with Crippen LogP contribution in [0.3, 0.4) is 0 Å². The second-order valence-electron chi connectivity index (χ2n) is 20.4. The molecule has 0 unspecified atom stereocenters. The Hall–Kier alpha value is -7.06. The monoisotopic (exact) mass is 1210 g/mol. The molecule has 19 N–H and O–H groups in total. The number of aliphatic hydroxyl groups is 3. The van der Waals surface area contributed by atoms with Crippen molar-refractivity contribution >= 4 is 107 Å². The fourth-order valence-corrected chi connectivity index (χ4v) is 8.70. The summed E-state index contributed by atoms with van der Waals surface area (Å²) < 4.78 is 0. The molecular formula is C52H84N14O15S2. The van der Waals surface area contributed by atoms with Crippen molar-refractivity contribution in [3.63, 3.8) is 0 Å². The number of hydrogen-bond acceptors (Lipinski definition) is 18. The Kier molecular flexibility index (Phi) is 31.7. The summed E-state index contributed by atoms with van der Waals surface area (Å²) in [4.78, 5) is 161. The lowest BCUT2D eigenvalue weighted by molar-refractivity contribution is -0.137. The molecular weight excluding hydrogens is 1120 g/mol. The van der Waals surface area contributed by atoms with Gasteiger partial charge < -0.3 is 90.3 Å². The van der Waals surface area contributed by atoms with Crippen LogP contribution in [-0.2, 0) is 64.0 Å². The number of hydrogen-bond donors (Lipinski definition) is 19. The third kappa shape index (κ3) is 24.4. The van der Waals surface area contributed by atoms with Crippen molar-refractivity contribution in [2.24, 2.45) is 23.3 Å². The summed E-state index contributed by atoms with van der Waals surface area (Å²) in [5, 5.41) is 57.8. The summed E-state index contributed by atoms with van der Waals surface area (Å²) in [6, 6.07) is -5.36. The minimum Gasteiger partial charge on any atom is -0.394 e. The summed E-state index contributed by atoms with van der Waals surface area (Å²) >= 11 is 8.30. The minimum absolute atomic E-state index is 0.0183. The third-order valence-electron chi connectivity index (χ3n) is 13.0. The zero-order valence-electron chi connectivity index (χ0n) is 47.7. The van der Waals surface area contributed by atoms with E-state index in [0.717, 1.165) is 16.5 Å². The predicted molar refractivity (Wildman–Crippen MR) is 310 cm³/mol. The maximum atomic E-state index is 14.1. The Labute approximate surface area is 492 Å². The number of aromatic amines is 1. The van der Waals surface area contributed by atoms with E-state index in [0.29, 0.717) is 19.3 Å². The predicted octanol–water partition coefficient (Wildman–Crippen LogP) is -5.35. The summed E-state index contributed by atoms with van der Waals surface area (Å²) in [5.41, 5.74) is 12.5. The van der Waals surface area contributed by atoms with Crippen LogP contribution in [0.4, 0.5) is 0 Å². The van der Waals surface area contributed by atoms with E-state index < -0.39 is 163 Å². The summed E-state index contributed by atoms with van der Waals surface area (Å²) in [6.45, 7) is 8.39. The average molecular weight is 1210 g/mol. The number of carbonyl (C=O) groups excluding carboxylic acids is 12. The van der Waals surface area contributed by atoms with Crippen molar-refractivity contribution in [2.75, 3.05) is 37.7 Å². The number of rotatable bonds is 37. The van der Waals surface area contributed by atoms with Gasteiger partial charge >= 0.3 is 0 Å². The van der Waals surface area contributed by atoms with Gasteiger partial charge in [0, 0.05) is 42.0 Å². The molecule has 31 heteroatoms. The highest BCUT2D eigenvalue weighted by Crippen LogP contribution is 2.19. The van der Waals surface area contributed by atoms with Crippen LogP contribution in [0.15, 0.2) is 30.5 Å². The number of nitrogens with two attached hydrogens (primary N) is 2. The van der Waals surface area contributed by atoms with Gasteiger partial charge in [-0.25, -0.2) is 0 Å². The molecule has 2 rings (SSSR count). The number of para-hydroxylation sites is 1. The normalized spacial score (nSPS) is 15.5. The molecule has 0 saturated heterocycles. The van der Waals surface area contributed by atoms with Gasteiger partial charge in [-0.3, -0.25) is 57.5 Å². The molecule has 12 atom stereocenters. The van der Waals surface area contributed by atoms with Gasteiger partial charge in [0.05, 0.1) is 31.9 Å². The number of primary amides is 1. The highest BCUT2D eigenvalue weighted by Gasteiger charge is 2.37. The molecule has 0 saturated carbocycles. The third-order valence-corrected chi connectivity index (χ3v) is 13.7. The van der Waals surface area contributed by atoms with Gasteiger partial charge in [-0.2, -0.15) is 25.3 Å². The Morgan fingerprint density at radius 1 is 0.578 bits per heavy atom. The van der Waals surface area contributed by atoms with Crippen LogP contribution in [0, 0.1) is 11.8 Å². The number of benzene rings is 1. The highest BCUT2D eigenvalue weighted by molar-refractivity contribution is 7.80. The van der Waals surface area contributed by atoms with Gasteiger partial charge in [0.25, 0.3) is 0 Å². The Balaban J connectivity index is 2.13. The number of fused-ring (bicyclic) bond motifs is 1. The van der Waals surface area contributed by atoms with Gasteiger partial charge in [0.2, 0.25) is 70.9 Å². The lowest BCUT2D eigenvalue weighted by Gasteiger charge is -2.30. The zero-order chi connectivity index (χ0) is 62.7. The molecule has 12 amide bonds. The maximum Gasteiger partial charge on any atom is 0.245 e. The molecule has 0 aliphatic rings. The molecule has 0 radical (unpaired) electrons. The van der Waals surface area contributed by atoms with Crippen LogP contribution < -0.4 is 70.0 Å². The number of H-pyrrole nitrogens is 1. The van der Waals surface area contributed by atoms with E-state index in [-0.39, 0.29) is 43.2 Å². The van der Waals surface area contributed by atoms with E-state index in [1.165, 1.54) is 20.8 Å². The first-order chi connectivity index (χ1) is 39.1. The Morgan fingerprint density at radius 3 is 1.59 bits per heavy atom. The summed E-state index contributed by atoms with van der Waals surface area (Å²) in [5.74, 6) is -12.0. The van der Waals surface area contributed by atoms with Gasteiger partial charge in [-0.15, -0.1) is 0 Å². The molecule has 1 aromatic heterocycles. The Bertz CT molecular complexity index is 2550. The number of carbonyl (C=O) groups is 12. The van der Waals surface area contributed by atoms with Gasteiger partial charge in [0.1, 0.15) is 54.4 Å². The van der Waals surface area contributed by atoms with Crippen LogP contribution in [-0.4, -0.2) is 196 Å². The molecule has 0 spiro atoms. The molecule has 0 fully saturated rings. The lowest BCUT2D eigenvalue weighted by atomic mass is 9.96. The molecule has 29 nitrogen and oxygen atoms in total. The standard InChI is InChI=1S/C52H84N14O15S2/c1-8-26(4)41(51(80)63-38(24-83)50(79)66-43(28(6)69)52(81)65-42(27(5)68)44(54)73)64-48(77)34(17-25(2)3)61-47(76)33(15-11-12-16-53)59-39(71)20-57-46(75)36(22-67)62-49(78)37(23-82)60-40(72)21-56-45(74)35(58-29(7)70)18-30-19-55-32-14-10-9-13-31(30)32/h9-10,13-14,19,25-28,33-38,41-43,55,67-69,82-83H,8,11-12,15-18,20-24,53H2,1-7H3,(H2,54,73)(H,56,74)(H,57,75)(H,58,70)(H,59,71)(H,60,72)(H,61,76)(H,62,78)(H,63,80)(H,64,77)(H,65,81)(H,66,79)/t26-,27+,28+,33-,34-,35-,36-,37-,38-,41-,42-,43-/m0/s1. The van der Waals surface area contributed by atoms with E-state index in [2.05, 4.69) is 88.7 Å². The van der Waals surface area contributed by atoms with E-state index in [9.17, 15) is 72.9 Å². The van der Waals surface area contributed by atoms with E-state index in [1.807, 2.05) is 24.3 Å². The number of aromatic nitrogens is 1. The van der Waals surface area contributed by atoms with Crippen molar-refractivity contribution in [2.45, 2.75) is 154 Å². The molecule has 0 aliphatic heterocycles. The maximum absolute atomic E-state index is 14.1. The minimum atomic E-state index is -1.69. The topological polar surface area (TPSA) is 466 Å². The summed E-state index contributed by atoms with van der Waals surface area (Å²) in [6.07, 6.45) is -0.0232. The van der Waals surface area contributed by atoms with Crippen LogP contribution in [0.2, 0.25) is 0 Å². The Morgan fingerprint density at radius 2 is 1.06 bits per heavy atom. The van der Waals surface area contributed by atoms with Crippen molar-refractivity contribution in [3.8, 4) is 0 Å². The number of aliphatic hydroxyl groups excluding tert-OH is 3. The molecule has 83 heavy (non-hydrogen) atoms. The van der Waals surface area contributed by atoms with Crippen LogP contribution in [0.1, 0.15) is 86.1 Å². The SMILES string of the molecule is CC[C@H](C)[C@H](NC(=O)[C@H](CC(C)C)NC(=O)[C@H](CCCCN)NC(=O)CNC(=O)[C@H](CO)NC(=O)[C@H](CS)NC(=O)CNC(=O)[C@H](Cc1c[nH]c2ccccc12)NC(C)=O)C(=O)N[C@@H](CS)C(=O)N[C@H](C(=O)N[C@H](C(N)=O)[C@@H](C)O)[C@@H](C)O. The van der Waals surface area contributed by atoms with Gasteiger partial charge in [-0.05, 0) is 69.5 Å². The first kappa shape index (κ1) is 72.0. The van der Waals surface area contributed by atoms with Gasteiger partial charge in [0.15, 0.2) is 0 Å². The zero-order valence-corrected chi connectivity index (χ0v) is 49.5. The van der Waals surface area contributed by atoms with Crippen LogP contribution in [0.25, 0.3) is 10.9 Å². The first-order valence-electron chi connectivity index (χ1n) is 27.1. The molecule has 0 aliphatic carbocycles. The van der Waals surface area contributed by atoms with Crippen LogP contribution in [0.5, 0.6) is 0 Å². The lowest BCUT2D eigenvalue weighted by Crippen LogP contribution is -2.63. The van der Waals surface area contributed by atoms with E-state index in [4.69, 9.17) is 11.5 Å². The molecule has 0 bridgehead atoms. The quantitative estimate of drug-likeness (QED) is 0.0222.